The van der Waals surface area contributed by atoms with Gasteiger partial charge >= 0.3 is 0 Å². The summed E-state index contributed by atoms with van der Waals surface area (Å²) in [6.07, 6.45) is -7.22. The van der Waals surface area contributed by atoms with Crippen molar-refractivity contribution in [2.75, 3.05) is 0 Å². The molecule has 0 saturated carbocycles. The van der Waals surface area contributed by atoms with Crippen molar-refractivity contribution in [2.45, 2.75) is 13.8 Å². The second-order valence-electron chi connectivity index (χ2n) is 10.9. The van der Waals surface area contributed by atoms with Crippen molar-refractivity contribution in [3.8, 4) is 0 Å². The zero-order valence-electron chi connectivity index (χ0n) is 26.4. The quantitative estimate of drug-likeness (QED) is 0.0820. The van der Waals surface area contributed by atoms with Crippen molar-refractivity contribution in [3.05, 3.63) is 152 Å². The average molecular weight is 803 g/mol. The van der Waals surface area contributed by atoms with Crippen LogP contribution in [0.25, 0.3) is 0 Å². The molecule has 0 spiro atoms. The molecule has 0 heterocycles. The van der Waals surface area contributed by atoms with Crippen LogP contribution in [0, 0.1) is 130 Å². The smallest absolute Gasteiger partial charge is 0.200 e. The lowest BCUT2D eigenvalue weighted by Crippen LogP contribution is -2.81. The van der Waals surface area contributed by atoms with Crippen LogP contribution in [0.4, 0.5) is 87.8 Å². The Hall–Kier alpha value is -5.28. The van der Waals surface area contributed by atoms with Gasteiger partial charge in [0.15, 0.2) is 69.8 Å². The summed E-state index contributed by atoms with van der Waals surface area (Å²) >= 11 is 0. The molecule has 0 radical (unpaired) electrons. The topological polar surface area (TPSA) is 36.5 Å². The molecule has 0 bridgehead atoms. The Labute approximate surface area is 288 Å². The molecule has 5 rings (SSSR count). The fourth-order valence-electron chi connectivity index (χ4n) is 5.54. The van der Waals surface area contributed by atoms with Crippen LogP contribution < -0.4 is 28.0 Å². The minimum absolute atomic E-state index is 0. The number of halogens is 20. The Morgan fingerprint density at radius 3 is 0.519 bits per heavy atom. The lowest BCUT2D eigenvalue weighted by Gasteiger charge is -2.44. The second kappa shape index (κ2) is 15.2. The Morgan fingerprint density at radius 2 is 0.389 bits per heavy atom. The van der Waals surface area contributed by atoms with Crippen LogP contribution in [0.15, 0.2) is 24.3 Å². The molecule has 5 aromatic carbocycles. The fourth-order valence-corrected chi connectivity index (χ4v) is 5.54. The van der Waals surface area contributed by atoms with E-state index in [-0.39, 0.29) is 6.15 Å². The predicted octanol–water partition coefficient (Wildman–Crippen LogP) is 8.53. The van der Waals surface area contributed by atoms with Crippen molar-refractivity contribution >= 4 is 28.0 Å². The fraction of sp³-hybridized carbons (Fsp3) is 0.0625. The van der Waals surface area contributed by atoms with Crippen LogP contribution in [0.2, 0.25) is 0 Å². The maximum absolute atomic E-state index is 15.4. The van der Waals surface area contributed by atoms with Gasteiger partial charge in [-0.3, -0.25) is 0 Å². The number of quaternary nitrogens is 1. The molecular weight excluding hydrogens is 789 g/mol. The van der Waals surface area contributed by atoms with E-state index in [4.69, 9.17) is 0 Å². The van der Waals surface area contributed by atoms with Crippen LogP contribution in [-0.2, 0) is 0 Å². The monoisotopic (exact) mass is 803 g/mol. The highest BCUT2D eigenvalue weighted by Gasteiger charge is 2.52. The first-order valence-corrected chi connectivity index (χ1v) is 13.8. The molecule has 0 amide bonds. The Balaban J connectivity index is 0.000000771. The SMILES string of the molecule is Cc1ccccc1C.Fc1c(F)c(F)c([B-](c2c(F)c(F)c(F)c(F)c2F)(c2c(F)c(F)c(F)c(F)c2F)c2c(F)c(F)c(F)c(F)c2F)c(F)c1F.[NH4+]. The zero-order valence-corrected chi connectivity index (χ0v) is 26.4. The summed E-state index contributed by atoms with van der Waals surface area (Å²) in [6, 6.07) is 8.36. The molecule has 290 valence electrons. The molecular formula is C32H14BF20N. The normalized spacial score (nSPS) is 11.4. The van der Waals surface area contributed by atoms with Crippen LogP contribution in [-0.4, -0.2) is 6.15 Å². The van der Waals surface area contributed by atoms with Gasteiger partial charge in [0, 0.05) is 0 Å². The summed E-state index contributed by atoms with van der Waals surface area (Å²) in [7, 11) is 0. The number of aryl methyl sites for hydroxylation is 2. The van der Waals surface area contributed by atoms with E-state index in [1.165, 1.54) is 11.1 Å². The van der Waals surface area contributed by atoms with Crippen LogP contribution in [0.1, 0.15) is 11.1 Å². The molecule has 22 heteroatoms. The number of benzene rings is 5. The Kier molecular flexibility index (Phi) is 12.2. The third-order valence-corrected chi connectivity index (χ3v) is 8.13. The maximum Gasteiger partial charge on any atom is 0.200 e. The molecule has 1 nitrogen and oxygen atoms in total. The van der Waals surface area contributed by atoms with Gasteiger partial charge in [-0.05, 0) is 25.0 Å². The van der Waals surface area contributed by atoms with E-state index in [2.05, 4.69) is 38.1 Å². The summed E-state index contributed by atoms with van der Waals surface area (Å²) in [5.41, 5.74) is -11.6. The summed E-state index contributed by atoms with van der Waals surface area (Å²) < 4.78 is 294. The van der Waals surface area contributed by atoms with E-state index < -0.39 is 144 Å². The molecule has 4 N–H and O–H groups in total. The van der Waals surface area contributed by atoms with Gasteiger partial charge in [0.25, 0.3) is 0 Å². The largest absolute Gasteiger partial charge is 0.369 e. The van der Waals surface area contributed by atoms with Crippen LogP contribution >= 0.6 is 0 Å². The van der Waals surface area contributed by atoms with E-state index in [0.29, 0.717) is 0 Å². The molecule has 0 unspecified atom stereocenters. The summed E-state index contributed by atoms with van der Waals surface area (Å²) in [5, 5.41) is 0. The first-order chi connectivity index (χ1) is 24.5. The summed E-state index contributed by atoms with van der Waals surface area (Å²) in [4.78, 5) is 0. The van der Waals surface area contributed by atoms with E-state index in [1.54, 1.807) is 0 Å². The van der Waals surface area contributed by atoms with E-state index in [9.17, 15) is 52.7 Å². The van der Waals surface area contributed by atoms with Crippen molar-refractivity contribution in [1.29, 1.82) is 0 Å². The van der Waals surface area contributed by atoms with Gasteiger partial charge in [-0.25, -0.2) is 87.8 Å². The zero-order chi connectivity index (χ0) is 40.3. The lowest BCUT2D eigenvalue weighted by molar-refractivity contribution is 0.378. The molecule has 0 aromatic heterocycles. The molecule has 5 aromatic rings. The van der Waals surface area contributed by atoms with Gasteiger partial charge in [-0.2, -0.15) is 0 Å². The lowest BCUT2D eigenvalue weighted by atomic mass is 9.12. The number of hydrogen-bond donors (Lipinski definition) is 1. The molecule has 0 fully saturated rings. The minimum Gasteiger partial charge on any atom is -0.369 e. The average Bonchev–Trinajstić information content (AvgIpc) is 3.13. The van der Waals surface area contributed by atoms with E-state index in [0.717, 1.165) is 0 Å². The van der Waals surface area contributed by atoms with Crippen LogP contribution in [0.3, 0.4) is 0 Å². The molecule has 0 aliphatic heterocycles. The van der Waals surface area contributed by atoms with Gasteiger partial charge in [0.05, 0.1) is 0 Å². The molecule has 54 heavy (non-hydrogen) atoms. The first kappa shape index (κ1) is 43.1. The molecule has 0 saturated heterocycles. The first-order valence-electron chi connectivity index (χ1n) is 13.8. The van der Waals surface area contributed by atoms with Gasteiger partial charge in [-0.1, -0.05) is 24.3 Å². The molecule has 0 aliphatic carbocycles. The Morgan fingerprint density at radius 1 is 0.259 bits per heavy atom. The van der Waals surface area contributed by atoms with Crippen molar-refractivity contribution in [2.24, 2.45) is 0 Å². The van der Waals surface area contributed by atoms with Gasteiger partial charge in [0.1, 0.15) is 52.7 Å². The van der Waals surface area contributed by atoms with E-state index in [1.807, 2.05) is 0 Å². The minimum atomic E-state index is -7.22. The van der Waals surface area contributed by atoms with Gasteiger partial charge in [-0.15, -0.1) is 21.9 Å². The second-order valence-corrected chi connectivity index (χ2v) is 10.9. The third-order valence-electron chi connectivity index (χ3n) is 8.13. The standard InChI is InChI=1S/C24BF20.C8H10.H3N/c26-5-1(6(27)14(35)21(42)13(5)34)25(2-7(28)15(36)22(43)16(37)8(2)29,3-9(30)17(38)23(44)18(39)10(3)31)4-11(32)19(40)24(45)20(41)12(4)33;1-7-5-3-4-6-8(7)2;/h;3-6H,1-2H3;1H3/q-1;;/p+1. The number of rotatable bonds is 4. The number of hydrogen-bond acceptors (Lipinski definition) is 0. The highest BCUT2D eigenvalue weighted by Crippen LogP contribution is 2.30. The van der Waals surface area contributed by atoms with E-state index >= 15 is 35.1 Å². The van der Waals surface area contributed by atoms with Gasteiger partial charge in [0.2, 0.25) is 0 Å². The summed E-state index contributed by atoms with van der Waals surface area (Å²) in [6.45, 7) is 4.24. The van der Waals surface area contributed by atoms with Crippen molar-refractivity contribution < 1.29 is 87.8 Å². The molecule has 0 aliphatic rings. The Bertz CT molecular complexity index is 1920. The van der Waals surface area contributed by atoms with Crippen LogP contribution in [0.5, 0.6) is 0 Å². The van der Waals surface area contributed by atoms with Crippen molar-refractivity contribution in [1.82, 2.24) is 6.15 Å². The predicted molar refractivity (Wildman–Crippen MR) is 151 cm³/mol. The molecule has 0 atom stereocenters. The highest BCUT2D eigenvalue weighted by molar-refractivity contribution is 7.20. The summed E-state index contributed by atoms with van der Waals surface area (Å²) in [5.74, 6) is -71.4. The maximum atomic E-state index is 15.4. The third kappa shape index (κ3) is 6.18. The van der Waals surface area contributed by atoms with Crippen molar-refractivity contribution in [3.63, 3.8) is 0 Å². The van der Waals surface area contributed by atoms with Gasteiger partial charge < -0.3 is 6.15 Å². The highest BCUT2D eigenvalue weighted by atomic mass is 19.2.